The summed E-state index contributed by atoms with van der Waals surface area (Å²) in [6, 6.07) is 0.955. The molecule has 0 spiro atoms. The van der Waals surface area contributed by atoms with E-state index >= 15 is 0 Å². The van der Waals surface area contributed by atoms with Gasteiger partial charge in [-0.05, 0) is 37.6 Å². The van der Waals surface area contributed by atoms with Gasteiger partial charge in [-0.1, -0.05) is 33.1 Å². The second-order valence-electron chi connectivity index (χ2n) is 5.37. The molecule has 1 saturated heterocycles. The molecule has 1 saturated carbocycles. The van der Waals surface area contributed by atoms with Crippen molar-refractivity contribution in [2.45, 2.75) is 58.4 Å². The van der Waals surface area contributed by atoms with Crippen LogP contribution in [-0.4, -0.2) is 24.0 Å². The Kier molecular flexibility index (Phi) is 3.48. The number of nitrogens with zero attached hydrogens (tertiary/aromatic N) is 1. The topological polar surface area (TPSA) is 3.24 Å². The van der Waals surface area contributed by atoms with E-state index in [1.807, 2.05) is 0 Å². The lowest BCUT2D eigenvalue weighted by atomic mass is 9.84. The van der Waals surface area contributed by atoms with Crippen LogP contribution in [0.2, 0.25) is 0 Å². The highest BCUT2D eigenvalue weighted by Crippen LogP contribution is 2.31. The second kappa shape index (κ2) is 4.65. The summed E-state index contributed by atoms with van der Waals surface area (Å²) in [6.07, 6.45) is 8.73. The fourth-order valence-corrected chi connectivity index (χ4v) is 3.31. The van der Waals surface area contributed by atoms with Crippen molar-refractivity contribution in [3.63, 3.8) is 0 Å². The van der Waals surface area contributed by atoms with Gasteiger partial charge < -0.3 is 4.90 Å². The van der Waals surface area contributed by atoms with Gasteiger partial charge in [-0.3, -0.25) is 0 Å². The molecule has 1 aliphatic heterocycles. The zero-order valence-corrected chi connectivity index (χ0v) is 9.84. The van der Waals surface area contributed by atoms with Crippen LogP contribution in [-0.2, 0) is 0 Å². The van der Waals surface area contributed by atoms with Gasteiger partial charge in [0.25, 0.3) is 0 Å². The lowest BCUT2D eigenvalue weighted by Crippen LogP contribution is -2.44. The molecule has 14 heavy (non-hydrogen) atoms. The molecule has 0 unspecified atom stereocenters. The molecule has 0 amide bonds. The van der Waals surface area contributed by atoms with Gasteiger partial charge >= 0.3 is 0 Å². The predicted octanol–water partition coefficient (Wildman–Crippen LogP) is 3.30. The third kappa shape index (κ3) is 2.13. The molecule has 0 aromatic rings. The Morgan fingerprint density at radius 1 is 1.14 bits per heavy atom. The van der Waals surface area contributed by atoms with E-state index in [1.165, 1.54) is 51.6 Å². The van der Waals surface area contributed by atoms with Crippen molar-refractivity contribution >= 4 is 0 Å². The number of rotatable bonds is 2. The van der Waals surface area contributed by atoms with E-state index in [4.69, 9.17) is 0 Å². The molecule has 2 atom stereocenters. The average Bonchev–Trinajstić information content (AvgIpc) is 2.71. The van der Waals surface area contributed by atoms with Crippen LogP contribution in [0.15, 0.2) is 0 Å². The van der Waals surface area contributed by atoms with Gasteiger partial charge in [0, 0.05) is 12.6 Å². The van der Waals surface area contributed by atoms with Gasteiger partial charge in [0.05, 0.1) is 0 Å². The van der Waals surface area contributed by atoms with Crippen LogP contribution in [0.1, 0.15) is 52.4 Å². The van der Waals surface area contributed by atoms with Crippen LogP contribution in [0.4, 0.5) is 0 Å². The van der Waals surface area contributed by atoms with E-state index in [-0.39, 0.29) is 0 Å². The van der Waals surface area contributed by atoms with Crippen molar-refractivity contribution in [2.24, 2.45) is 11.8 Å². The van der Waals surface area contributed by atoms with Crippen molar-refractivity contribution in [1.29, 1.82) is 0 Å². The van der Waals surface area contributed by atoms with Gasteiger partial charge in [0.2, 0.25) is 0 Å². The van der Waals surface area contributed by atoms with Crippen LogP contribution in [0.3, 0.4) is 0 Å². The van der Waals surface area contributed by atoms with E-state index in [0.717, 1.165) is 17.9 Å². The lowest BCUT2D eigenvalue weighted by Gasteiger charge is -2.40. The Morgan fingerprint density at radius 2 is 1.86 bits per heavy atom. The monoisotopic (exact) mass is 195 g/mol. The molecule has 1 nitrogen and oxygen atoms in total. The van der Waals surface area contributed by atoms with Gasteiger partial charge in [0.15, 0.2) is 0 Å². The summed E-state index contributed by atoms with van der Waals surface area (Å²) in [4.78, 5) is 2.79. The summed E-state index contributed by atoms with van der Waals surface area (Å²) in [5, 5.41) is 0. The van der Waals surface area contributed by atoms with E-state index < -0.39 is 0 Å². The molecule has 1 heterocycles. The highest BCUT2D eigenvalue weighted by atomic mass is 15.2. The Hall–Kier alpha value is -0.0400. The zero-order chi connectivity index (χ0) is 9.97. The molecule has 2 fully saturated rings. The quantitative estimate of drug-likeness (QED) is 0.653. The predicted molar refractivity (Wildman–Crippen MR) is 61.4 cm³/mol. The molecule has 0 N–H and O–H groups in total. The summed E-state index contributed by atoms with van der Waals surface area (Å²) in [7, 11) is 0. The maximum absolute atomic E-state index is 2.79. The summed E-state index contributed by atoms with van der Waals surface area (Å²) in [5.74, 6) is 1.95. The van der Waals surface area contributed by atoms with Gasteiger partial charge in [-0.2, -0.15) is 0 Å². The number of likely N-dealkylation sites (tertiary alicyclic amines) is 1. The Labute approximate surface area is 88.9 Å². The second-order valence-corrected chi connectivity index (χ2v) is 5.37. The minimum atomic E-state index is 0.955. The number of hydrogen-bond donors (Lipinski definition) is 0. The molecule has 82 valence electrons. The molecule has 0 bridgehead atoms. The minimum Gasteiger partial charge on any atom is -0.300 e. The summed E-state index contributed by atoms with van der Waals surface area (Å²) in [6.45, 7) is 7.57. The van der Waals surface area contributed by atoms with Crippen LogP contribution in [0, 0.1) is 11.8 Å². The SMILES string of the molecule is CC[C@@H]1CN(C2CCCC2)CC[C@@H]1C. The molecule has 0 aromatic heterocycles. The highest BCUT2D eigenvalue weighted by Gasteiger charge is 2.30. The first-order valence-corrected chi connectivity index (χ1v) is 6.55. The Bertz CT molecular complexity index is 172. The standard InChI is InChI=1S/C13H25N/c1-3-12-10-14(9-8-11(12)2)13-6-4-5-7-13/h11-13H,3-10H2,1-2H3/t11-,12+/m0/s1. The molecular weight excluding hydrogens is 170 g/mol. The van der Waals surface area contributed by atoms with Crippen LogP contribution >= 0.6 is 0 Å². The van der Waals surface area contributed by atoms with E-state index in [2.05, 4.69) is 18.7 Å². The lowest BCUT2D eigenvalue weighted by molar-refractivity contribution is 0.0875. The fraction of sp³-hybridized carbons (Fsp3) is 1.00. The fourth-order valence-electron chi connectivity index (χ4n) is 3.31. The van der Waals surface area contributed by atoms with Crippen molar-refractivity contribution < 1.29 is 0 Å². The van der Waals surface area contributed by atoms with Crippen molar-refractivity contribution in [1.82, 2.24) is 4.90 Å². The summed E-state index contributed by atoms with van der Waals surface area (Å²) >= 11 is 0. The first-order valence-electron chi connectivity index (χ1n) is 6.55. The van der Waals surface area contributed by atoms with Crippen molar-refractivity contribution in [3.05, 3.63) is 0 Å². The molecule has 1 heteroatoms. The third-order valence-corrected chi connectivity index (χ3v) is 4.51. The van der Waals surface area contributed by atoms with Crippen molar-refractivity contribution in [2.75, 3.05) is 13.1 Å². The van der Waals surface area contributed by atoms with Gasteiger partial charge in [-0.25, -0.2) is 0 Å². The Balaban J connectivity index is 1.88. The first kappa shape index (κ1) is 10.5. The normalized spacial score (nSPS) is 36.4. The number of piperidine rings is 1. The third-order valence-electron chi connectivity index (χ3n) is 4.51. The molecule has 1 aliphatic carbocycles. The maximum atomic E-state index is 2.79. The van der Waals surface area contributed by atoms with Gasteiger partial charge in [0.1, 0.15) is 0 Å². The largest absolute Gasteiger partial charge is 0.300 e. The van der Waals surface area contributed by atoms with E-state index in [0.29, 0.717) is 0 Å². The maximum Gasteiger partial charge on any atom is 0.00953 e. The highest BCUT2D eigenvalue weighted by molar-refractivity contribution is 4.84. The number of hydrogen-bond acceptors (Lipinski definition) is 1. The van der Waals surface area contributed by atoms with Crippen molar-refractivity contribution in [3.8, 4) is 0 Å². The van der Waals surface area contributed by atoms with E-state index in [9.17, 15) is 0 Å². The summed E-state index contributed by atoms with van der Waals surface area (Å²) in [5.41, 5.74) is 0. The molecule has 0 aromatic carbocycles. The zero-order valence-electron chi connectivity index (χ0n) is 9.84. The van der Waals surface area contributed by atoms with Gasteiger partial charge in [-0.15, -0.1) is 0 Å². The molecule has 2 rings (SSSR count). The smallest absolute Gasteiger partial charge is 0.00953 e. The van der Waals surface area contributed by atoms with Crippen LogP contribution in [0.5, 0.6) is 0 Å². The average molecular weight is 195 g/mol. The Morgan fingerprint density at radius 3 is 2.50 bits per heavy atom. The van der Waals surface area contributed by atoms with E-state index in [1.54, 1.807) is 0 Å². The molecule has 2 aliphatic rings. The summed E-state index contributed by atoms with van der Waals surface area (Å²) < 4.78 is 0. The van der Waals surface area contributed by atoms with Crippen LogP contribution < -0.4 is 0 Å². The van der Waals surface area contributed by atoms with Crippen LogP contribution in [0.25, 0.3) is 0 Å². The minimum absolute atomic E-state index is 0.955. The first-order chi connectivity index (χ1) is 6.81. The molecular formula is C13H25N. The molecule has 0 radical (unpaired) electrons.